The highest BCUT2D eigenvalue weighted by molar-refractivity contribution is 6.99. The first-order chi connectivity index (χ1) is 22.9. The van der Waals surface area contributed by atoms with Crippen molar-refractivity contribution in [3.8, 4) is 0 Å². The van der Waals surface area contributed by atoms with E-state index in [1.807, 2.05) is 0 Å². The molecule has 0 saturated heterocycles. The zero-order valence-electron chi connectivity index (χ0n) is 30.3. The fourth-order valence-corrected chi connectivity index (χ4v) is 10.7. The van der Waals surface area contributed by atoms with E-state index in [0.717, 1.165) is 12.8 Å². The van der Waals surface area contributed by atoms with Crippen molar-refractivity contribution in [2.24, 2.45) is 0 Å². The minimum absolute atomic E-state index is 0.0525. The quantitative estimate of drug-likeness (QED) is 0.0491. The van der Waals surface area contributed by atoms with Crippen LogP contribution in [0.1, 0.15) is 118 Å². The van der Waals surface area contributed by atoms with Crippen LogP contribution in [0.3, 0.4) is 0 Å². The molecule has 47 heavy (non-hydrogen) atoms. The Morgan fingerprint density at radius 2 is 0.915 bits per heavy atom. The molecule has 6 nitrogen and oxygen atoms in total. The van der Waals surface area contributed by atoms with Crippen molar-refractivity contribution in [3.63, 3.8) is 0 Å². The van der Waals surface area contributed by atoms with Crippen LogP contribution in [0.15, 0.2) is 60.7 Å². The summed E-state index contributed by atoms with van der Waals surface area (Å²) in [6, 6.07) is 21.3. The second kappa shape index (κ2) is 25.9. The summed E-state index contributed by atoms with van der Waals surface area (Å²) >= 11 is 0. The lowest BCUT2D eigenvalue weighted by Crippen LogP contribution is -2.66. The summed E-state index contributed by atoms with van der Waals surface area (Å²) in [5.74, 6) is -0.121. The SMILES string of the molecule is CCCCCCCCCCCCCCCC(=O)OCCOCCOCCOCCO[Si](c1ccccc1)(c1ccccc1)C(C)(C)C. The largest absolute Gasteiger partial charge is 0.463 e. The van der Waals surface area contributed by atoms with E-state index < -0.39 is 8.32 Å². The molecule has 0 spiro atoms. The van der Waals surface area contributed by atoms with E-state index >= 15 is 0 Å². The number of ether oxygens (including phenoxy) is 4. The van der Waals surface area contributed by atoms with Gasteiger partial charge in [0.15, 0.2) is 0 Å². The Hall–Kier alpha value is -2.03. The highest BCUT2D eigenvalue weighted by Crippen LogP contribution is 2.36. The Kier molecular flexibility index (Phi) is 22.7. The average Bonchev–Trinajstić information content (AvgIpc) is 3.07. The minimum Gasteiger partial charge on any atom is -0.463 e. The van der Waals surface area contributed by atoms with Crippen LogP contribution in [-0.4, -0.2) is 67.1 Å². The fourth-order valence-electron chi connectivity index (χ4n) is 6.13. The molecule has 0 fully saturated rings. The van der Waals surface area contributed by atoms with Gasteiger partial charge < -0.3 is 23.4 Å². The molecule has 7 heteroatoms. The molecule has 0 unspecified atom stereocenters. The van der Waals surface area contributed by atoms with Crippen molar-refractivity contribution in [2.75, 3.05) is 52.9 Å². The Morgan fingerprint density at radius 1 is 0.532 bits per heavy atom. The average molecular weight is 671 g/mol. The predicted octanol–water partition coefficient (Wildman–Crippen LogP) is 8.64. The zero-order chi connectivity index (χ0) is 33.9. The molecule has 2 aromatic carbocycles. The first kappa shape index (κ1) is 41.1. The smallest absolute Gasteiger partial charge is 0.305 e. The summed E-state index contributed by atoms with van der Waals surface area (Å²) in [5.41, 5.74) is 0. The van der Waals surface area contributed by atoms with E-state index in [1.54, 1.807) is 0 Å². The normalized spacial score (nSPS) is 12.0. The number of esters is 1. The van der Waals surface area contributed by atoms with Crippen LogP contribution in [0.25, 0.3) is 0 Å². The van der Waals surface area contributed by atoms with Crippen molar-refractivity contribution in [1.29, 1.82) is 0 Å². The molecule has 0 aromatic heterocycles. The van der Waals surface area contributed by atoms with Crippen LogP contribution in [-0.2, 0) is 28.2 Å². The van der Waals surface area contributed by atoms with Gasteiger partial charge in [-0.3, -0.25) is 4.79 Å². The summed E-state index contributed by atoms with van der Waals surface area (Å²) < 4.78 is 29.2. The maximum Gasteiger partial charge on any atom is 0.305 e. The van der Waals surface area contributed by atoms with Crippen LogP contribution in [0.4, 0.5) is 0 Å². The molecule has 0 N–H and O–H groups in total. The monoisotopic (exact) mass is 670 g/mol. The Labute approximate surface area is 288 Å². The maximum atomic E-state index is 12.0. The van der Waals surface area contributed by atoms with Crippen molar-refractivity contribution in [3.05, 3.63) is 60.7 Å². The molecular formula is C40H66O6Si. The summed E-state index contributed by atoms with van der Waals surface area (Å²) in [6.07, 6.45) is 17.4. The molecule has 0 aliphatic carbocycles. The van der Waals surface area contributed by atoms with Crippen LogP contribution < -0.4 is 10.4 Å². The van der Waals surface area contributed by atoms with Crippen molar-refractivity contribution < 1.29 is 28.2 Å². The van der Waals surface area contributed by atoms with Gasteiger partial charge in [-0.25, -0.2) is 0 Å². The van der Waals surface area contributed by atoms with Gasteiger partial charge in [0.2, 0.25) is 0 Å². The molecule has 0 bridgehead atoms. The summed E-state index contributed by atoms with van der Waals surface area (Å²) in [7, 11) is -2.53. The molecule has 0 amide bonds. The lowest BCUT2D eigenvalue weighted by atomic mass is 10.0. The Balaban J connectivity index is 1.43. The first-order valence-electron chi connectivity index (χ1n) is 18.6. The molecule has 0 radical (unpaired) electrons. The first-order valence-corrected chi connectivity index (χ1v) is 20.5. The standard InChI is InChI=1S/C40H66O6Si/c1-5-6-7-8-9-10-11-12-13-14-15-16-23-28-39(41)45-35-33-43-31-29-42-30-32-44-34-36-46-47(40(2,3)4,37-24-19-17-20-25-37)38-26-21-18-22-27-38/h17-22,24-27H,5-16,23,28-36H2,1-4H3. The van der Waals surface area contributed by atoms with Gasteiger partial charge in [0, 0.05) is 6.42 Å². The van der Waals surface area contributed by atoms with Gasteiger partial charge in [-0.05, 0) is 21.8 Å². The number of benzene rings is 2. The summed E-state index contributed by atoms with van der Waals surface area (Å²) in [5, 5.41) is 2.49. The maximum absolute atomic E-state index is 12.0. The number of rotatable bonds is 29. The fraction of sp³-hybridized carbons (Fsp3) is 0.675. The second-order valence-corrected chi connectivity index (χ2v) is 17.9. The molecule has 2 aromatic rings. The van der Waals surface area contributed by atoms with Crippen molar-refractivity contribution in [1.82, 2.24) is 0 Å². The third-order valence-electron chi connectivity index (χ3n) is 8.68. The van der Waals surface area contributed by atoms with E-state index in [1.165, 1.54) is 81.0 Å². The lowest BCUT2D eigenvalue weighted by molar-refractivity contribution is -0.145. The minimum atomic E-state index is -2.53. The highest BCUT2D eigenvalue weighted by atomic mass is 28.4. The Morgan fingerprint density at radius 3 is 1.34 bits per heavy atom. The molecule has 0 heterocycles. The van der Waals surface area contributed by atoms with Gasteiger partial charge >= 0.3 is 5.97 Å². The van der Waals surface area contributed by atoms with E-state index in [-0.39, 0.29) is 11.0 Å². The van der Waals surface area contributed by atoms with Crippen molar-refractivity contribution >= 4 is 24.7 Å². The van der Waals surface area contributed by atoms with Crippen molar-refractivity contribution in [2.45, 2.75) is 123 Å². The van der Waals surface area contributed by atoms with Crippen LogP contribution in [0.5, 0.6) is 0 Å². The molecule has 266 valence electrons. The van der Waals surface area contributed by atoms with Gasteiger partial charge in [-0.1, -0.05) is 165 Å². The predicted molar refractivity (Wildman–Crippen MR) is 197 cm³/mol. The van der Waals surface area contributed by atoms with Crippen LogP contribution in [0.2, 0.25) is 5.04 Å². The molecule has 0 atom stereocenters. The molecule has 0 aliphatic heterocycles. The topological polar surface area (TPSA) is 63.2 Å². The zero-order valence-corrected chi connectivity index (χ0v) is 31.3. The second-order valence-electron chi connectivity index (χ2n) is 13.6. The van der Waals surface area contributed by atoms with E-state index in [0.29, 0.717) is 59.3 Å². The summed E-state index contributed by atoms with van der Waals surface area (Å²) in [4.78, 5) is 12.0. The highest BCUT2D eigenvalue weighted by Gasteiger charge is 2.50. The molecular weight excluding hydrogens is 605 g/mol. The van der Waals surface area contributed by atoms with E-state index in [2.05, 4.69) is 88.4 Å². The molecule has 2 rings (SSSR count). The van der Waals surface area contributed by atoms with E-state index in [9.17, 15) is 4.79 Å². The number of hydrogen-bond acceptors (Lipinski definition) is 6. The van der Waals surface area contributed by atoms with Gasteiger partial charge in [-0.2, -0.15) is 0 Å². The van der Waals surface area contributed by atoms with Crippen LogP contribution in [0, 0.1) is 0 Å². The van der Waals surface area contributed by atoms with E-state index in [4.69, 9.17) is 23.4 Å². The third-order valence-corrected chi connectivity index (χ3v) is 13.7. The van der Waals surface area contributed by atoms with Crippen LogP contribution >= 0.6 is 0 Å². The number of hydrogen-bond donors (Lipinski definition) is 0. The van der Waals surface area contributed by atoms with Gasteiger partial charge in [0.1, 0.15) is 6.61 Å². The number of unbranched alkanes of at least 4 members (excludes halogenated alkanes) is 12. The lowest BCUT2D eigenvalue weighted by Gasteiger charge is -2.43. The Bertz CT molecular complexity index is 971. The number of carbonyl (C=O) groups is 1. The third kappa shape index (κ3) is 17.3. The van der Waals surface area contributed by atoms with Gasteiger partial charge in [0.05, 0.1) is 46.2 Å². The summed E-state index contributed by atoms with van der Waals surface area (Å²) in [6.45, 7) is 12.8. The molecule has 0 aliphatic rings. The molecule has 0 saturated carbocycles. The van der Waals surface area contributed by atoms with Gasteiger partial charge in [-0.15, -0.1) is 0 Å². The van der Waals surface area contributed by atoms with Gasteiger partial charge in [0.25, 0.3) is 8.32 Å². The number of carbonyl (C=O) groups excluding carboxylic acids is 1.